The zero-order chi connectivity index (χ0) is 16.5. The van der Waals surface area contributed by atoms with Crippen molar-refractivity contribution in [2.75, 3.05) is 13.7 Å². The normalized spacial score (nSPS) is 20.3. The quantitative estimate of drug-likeness (QED) is 0.869. The number of aliphatic hydroxyl groups excluding tert-OH is 1. The van der Waals surface area contributed by atoms with E-state index in [9.17, 15) is 9.50 Å². The lowest BCUT2D eigenvalue weighted by molar-refractivity contribution is 0.00578. The molecule has 2 rings (SSSR count). The highest BCUT2D eigenvalue weighted by Gasteiger charge is 2.52. The SMILES string of the molecule is COc1ccc(C=C(CO)B2OC(C)(C)C(C)(C)O2)c(F)c1. The van der Waals surface area contributed by atoms with Crippen LogP contribution in [0.15, 0.2) is 23.7 Å². The van der Waals surface area contributed by atoms with E-state index in [1.54, 1.807) is 18.2 Å². The minimum absolute atomic E-state index is 0.276. The van der Waals surface area contributed by atoms with E-state index in [4.69, 9.17) is 14.0 Å². The maximum atomic E-state index is 14.0. The second-order valence-corrected chi connectivity index (χ2v) is 6.35. The van der Waals surface area contributed by atoms with Gasteiger partial charge in [0.15, 0.2) is 0 Å². The Kier molecular flexibility index (Phi) is 4.66. The van der Waals surface area contributed by atoms with Crippen molar-refractivity contribution >= 4 is 13.2 Å². The third-order valence-corrected chi connectivity index (χ3v) is 4.29. The zero-order valence-electron chi connectivity index (χ0n) is 13.6. The standard InChI is InChI=1S/C16H22BFO4/c1-15(2)16(3,4)22-17(21-15)12(10-19)8-11-6-7-13(20-5)9-14(11)18/h6-9,19H,10H2,1-5H3. The van der Waals surface area contributed by atoms with Crippen LogP contribution in [0.4, 0.5) is 4.39 Å². The Labute approximate surface area is 131 Å². The topological polar surface area (TPSA) is 47.9 Å². The molecule has 22 heavy (non-hydrogen) atoms. The van der Waals surface area contributed by atoms with Crippen LogP contribution in [0.25, 0.3) is 6.08 Å². The van der Waals surface area contributed by atoms with Crippen LogP contribution in [0, 0.1) is 5.82 Å². The molecular formula is C16H22BFO4. The minimum Gasteiger partial charge on any atom is -0.497 e. The summed E-state index contributed by atoms with van der Waals surface area (Å²) < 4.78 is 30.8. The van der Waals surface area contributed by atoms with Gasteiger partial charge in [0.25, 0.3) is 0 Å². The maximum absolute atomic E-state index is 14.0. The molecule has 0 bridgehead atoms. The Hall–Kier alpha value is -1.37. The van der Waals surface area contributed by atoms with Crippen LogP contribution in [0.1, 0.15) is 33.3 Å². The number of halogens is 1. The first-order chi connectivity index (χ1) is 10.2. The Morgan fingerprint density at radius 2 is 1.86 bits per heavy atom. The van der Waals surface area contributed by atoms with Gasteiger partial charge in [0.05, 0.1) is 24.9 Å². The van der Waals surface area contributed by atoms with E-state index in [0.29, 0.717) is 16.8 Å². The molecule has 0 unspecified atom stereocenters. The molecule has 6 heteroatoms. The third-order valence-electron chi connectivity index (χ3n) is 4.29. The molecule has 1 saturated heterocycles. The highest BCUT2D eigenvalue weighted by molar-refractivity contribution is 6.55. The molecule has 1 aromatic carbocycles. The third kappa shape index (κ3) is 3.19. The second kappa shape index (κ2) is 6.03. The summed E-state index contributed by atoms with van der Waals surface area (Å²) >= 11 is 0. The van der Waals surface area contributed by atoms with E-state index in [1.807, 2.05) is 27.7 Å². The molecule has 0 atom stereocenters. The molecular weight excluding hydrogens is 286 g/mol. The lowest BCUT2D eigenvalue weighted by atomic mass is 9.77. The summed E-state index contributed by atoms with van der Waals surface area (Å²) in [7, 11) is 0.782. The largest absolute Gasteiger partial charge is 0.497 e. The highest BCUT2D eigenvalue weighted by atomic mass is 19.1. The van der Waals surface area contributed by atoms with Crippen molar-refractivity contribution in [3.8, 4) is 5.75 Å². The van der Waals surface area contributed by atoms with Crippen molar-refractivity contribution in [1.29, 1.82) is 0 Å². The summed E-state index contributed by atoms with van der Waals surface area (Å²) in [5, 5.41) is 9.60. The first-order valence-electron chi connectivity index (χ1n) is 7.20. The number of ether oxygens (including phenoxy) is 1. The fourth-order valence-corrected chi connectivity index (χ4v) is 2.13. The van der Waals surface area contributed by atoms with Crippen molar-refractivity contribution in [1.82, 2.24) is 0 Å². The van der Waals surface area contributed by atoms with Gasteiger partial charge in [-0.05, 0) is 45.3 Å². The summed E-state index contributed by atoms with van der Waals surface area (Å²) in [6, 6.07) is 4.55. The van der Waals surface area contributed by atoms with Gasteiger partial charge in [-0.25, -0.2) is 4.39 Å². The number of benzene rings is 1. The number of rotatable bonds is 4. The summed E-state index contributed by atoms with van der Waals surface area (Å²) in [6.45, 7) is 7.43. The first-order valence-corrected chi connectivity index (χ1v) is 7.20. The molecule has 1 aliphatic heterocycles. The number of aliphatic hydroxyl groups is 1. The second-order valence-electron chi connectivity index (χ2n) is 6.35. The molecule has 1 heterocycles. The van der Waals surface area contributed by atoms with Gasteiger partial charge in [0.2, 0.25) is 0 Å². The number of methoxy groups -OCH3 is 1. The Balaban J connectivity index is 2.29. The molecule has 1 fully saturated rings. The lowest BCUT2D eigenvalue weighted by Gasteiger charge is -2.32. The minimum atomic E-state index is -0.698. The van der Waals surface area contributed by atoms with E-state index in [2.05, 4.69) is 0 Å². The molecule has 1 aliphatic rings. The Morgan fingerprint density at radius 1 is 1.27 bits per heavy atom. The van der Waals surface area contributed by atoms with Crippen molar-refractivity contribution < 1.29 is 23.5 Å². The van der Waals surface area contributed by atoms with Gasteiger partial charge < -0.3 is 19.2 Å². The molecule has 0 spiro atoms. The molecule has 120 valence electrons. The fourth-order valence-electron chi connectivity index (χ4n) is 2.13. The van der Waals surface area contributed by atoms with Crippen molar-refractivity contribution in [3.05, 3.63) is 35.1 Å². The van der Waals surface area contributed by atoms with Gasteiger partial charge in [-0.15, -0.1) is 0 Å². The van der Waals surface area contributed by atoms with Crippen LogP contribution >= 0.6 is 0 Å². The summed E-state index contributed by atoms with van der Waals surface area (Å²) in [6.07, 6.45) is 1.55. The van der Waals surface area contributed by atoms with Crippen LogP contribution in [-0.2, 0) is 9.31 Å². The molecule has 4 nitrogen and oxygen atoms in total. The smallest absolute Gasteiger partial charge is 0.492 e. The van der Waals surface area contributed by atoms with Gasteiger partial charge >= 0.3 is 7.12 Å². The van der Waals surface area contributed by atoms with Crippen molar-refractivity contribution in [2.24, 2.45) is 0 Å². The van der Waals surface area contributed by atoms with Gasteiger partial charge in [0, 0.05) is 11.6 Å². The lowest BCUT2D eigenvalue weighted by Crippen LogP contribution is -2.41. The zero-order valence-corrected chi connectivity index (χ0v) is 13.6. The summed E-state index contributed by atoms with van der Waals surface area (Å²) in [4.78, 5) is 0. The van der Waals surface area contributed by atoms with E-state index in [0.717, 1.165) is 0 Å². The van der Waals surface area contributed by atoms with Crippen LogP contribution < -0.4 is 4.74 Å². The molecule has 0 radical (unpaired) electrons. The molecule has 0 aliphatic carbocycles. The van der Waals surface area contributed by atoms with Gasteiger partial charge in [0.1, 0.15) is 11.6 Å². The summed E-state index contributed by atoms with van der Waals surface area (Å²) in [5.41, 5.74) is -0.198. The van der Waals surface area contributed by atoms with Crippen molar-refractivity contribution in [3.63, 3.8) is 0 Å². The number of hydrogen-bond donors (Lipinski definition) is 1. The molecule has 0 amide bonds. The van der Waals surface area contributed by atoms with E-state index >= 15 is 0 Å². The first kappa shape index (κ1) is 17.0. The fraction of sp³-hybridized carbons (Fsp3) is 0.500. The predicted octanol–water partition coefficient (Wildman–Crippen LogP) is 2.84. The average molecular weight is 308 g/mol. The number of hydrogen-bond acceptors (Lipinski definition) is 4. The highest BCUT2D eigenvalue weighted by Crippen LogP contribution is 2.38. The van der Waals surface area contributed by atoms with Crippen LogP contribution in [-0.4, -0.2) is 37.1 Å². The molecule has 1 N–H and O–H groups in total. The molecule has 1 aromatic rings. The monoisotopic (exact) mass is 308 g/mol. The van der Waals surface area contributed by atoms with Crippen LogP contribution in [0.2, 0.25) is 0 Å². The van der Waals surface area contributed by atoms with Crippen molar-refractivity contribution in [2.45, 2.75) is 38.9 Å². The molecule has 0 aromatic heterocycles. The van der Waals surface area contributed by atoms with Gasteiger partial charge in [-0.1, -0.05) is 6.08 Å². The van der Waals surface area contributed by atoms with Gasteiger partial charge in [-0.3, -0.25) is 0 Å². The van der Waals surface area contributed by atoms with E-state index < -0.39 is 24.1 Å². The van der Waals surface area contributed by atoms with Crippen LogP contribution in [0.3, 0.4) is 0 Å². The summed E-state index contributed by atoms with van der Waals surface area (Å²) in [5.74, 6) is 0.0117. The molecule has 0 saturated carbocycles. The maximum Gasteiger partial charge on any atom is 0.492 e. The average Bonchev–Trinajstić information content (AvgIpc) is 2.65. The predicted molar refractivity (Wildman–Crippen MR) is 84.1 cm³/mol. The van der Waals surface area contributed by atoms with E-state index in [-0.39, 0.29) is 6.61 Å². The van der Waals surface area contributed by atoms with Crippen LogP contribution in [0.5, 0.6) is 5.75 Å². The Morgan fingerprint density at radius 3 is 2.32 bits per heavy atom. The van der Waals surface area contributed by atoms with E-state index in [1.165, 1.54) is 13.2 Å². The Bertz CT molecular complexity index is 568. The van der Waals surface area contributed by atoms with Gasteiger partial charge in [-0.2, -0.15) is 0 Å².